The number of benzene rings is 1. The number of ether oxygens (including phenoxy) is 1. The van der Waals surface area contributed by atoms with Crippen LogP contribution in [0.1, 0.15) is 22.3 Å². The van der Waals surface area contributed by atoms with Gasteiger partial charge in [0.2, 0.25) is 17.7 Å². The second-order valence-corrected chi connectivity index (χ2v) is 9.18. The van der Waals surface area contributed by atoms with Crippen LogP contribution in [0.3, 0.4) is 0 Å². The molecule has 0 aliphatic carbocycles. The predicted molar refractivity (Wildman–Crippen MR) is 128 cm³/mol. The lowest BCUT2D eigenvalue weighted by molar-refractivity contribution is 0.1000. The number of primary amides is 1. The summed E-state index contributed by atoms with van der Waals surface area (Å²) in [6.45, 7) is 2.07. The first-order valence-electron chi connectivity index (χ1n) is 10.6. The highest BCUT2D eigenvalue weighted by atomic mass is 32.2. The molecule has 1 aliphatic heterocycles. The minimum Gasteiger partial charge on any atom is -0.472 e. The fourth-order valence-electron chi connectivity index (χ4n) is 3.57. The molecular formula is C23H27N7O2S. The molecule has 1 amide bonds. The fraction of sp³-hybridized carbons (Fsp3) is 0.304. The lowest BCUT2D eigenvalue weighted by Gasteiger charge is -2.21. The number of nitrogens with zero attached hydrogens (tertiary/aromatic N) is 5. The lowest BCUT2D eigenvalue weighted by Crippen LogP contribution is -2.32. The second-order valence-electron chi connectivity index (χ2n) is 8.06. The van der Waals surface area contributed by atoms with Crippen LogP contribution >= 0.6 is 11.8 Å². The third kappa shape index (κ3) is 5.71. The van der Waals surface area contributed by atoms with E-state index in [0.29, 0.717) is 35.9 Å². The summed E-state index contributed by atoms with van der Waals surface area (Å²) in [6, 6.07) is 11.2. The summed E-state index contributed by atoms with van der Waals surface area (Å²) in [4.78, 5) is 30.9. The summed E-state index contributed by atoms with van der Waals surface area (Å²) in [5.74, 6) is 1.13. The standard InChI is InChI=1S/C23H27N7O2S/c1-29(2)17-8-10-30(13-17)23-27-12-19(33-18-5-3-16(4-6-18)21(25)31)22(28-23)32-14-15-7-9-26-20(24)11-15/h3-7,9,11-12,17H,8,10,13-14H2,1-2H3,(H2,24,26)(H2,25,31)/t17-/m1/s1. The van der Waals surface area contributed by atoms with Crippen LogP contribution < -0.4 is 21.1 Å². The molecule has 172 valence electrons. The fourth-order valence-corrected chi connectivity index (χ4v) is 4.39. The molecule has 4 N–H and O–H groups in total. The van der Waals surface area contributed by atoms with Gasteiger partial charge in [-0.05, 0) is 62.5 Å². The predicted octanol–water partition coefficient (Wildman–Crippen LogP) is 2.42. The molecule has 2 aromatic heterocycles. The van der Waals surface area contributed by atoms with E-state index in [-0.39, 0.29) is 0 Å². The second kappa shape index (κ2) is 10.1. The van der Waals surface area contributed by atoms with Gasteiger partial charge in [-0.25, -0.2) is 9.97 Å². The summed E-state index contributed by atoms with van der Waals surface area (Å²) < 4.78 is 6.12. The van der Waals surface area contributed by atoms with Crippen molar-refractivity contribution in [1.82, 2.24) is 19.9 Å². The zero-order chi connectivity index (χ0) is 23.4. The topological polar surface area (TPSA) is 123 Å². The van der Waals surface area contributed by atoms with Gasteiger partial charge in [0.1, 0.15) is 12.4 Å². The van der Waals surface area contributed by atoms with Crippen molar-refractivity contribution in [3.63, 3.8) is 0 Å². The molecule has 1 aromatic carbocycles. The average Bonchev–Trinajstić information content (AvgIpc) is 3.30. The summed E-state index contributed by atoms with van der Waals surface area (Å²) in [6.07, 6.45) is 4.50. The summed E-state index contributed by atoms with van der Waals surface area (Å²) >= 11 is 1.46. The molecule has 0 radical (unpaired) electrons. The Labute approximate surface area is 197 Å². The van der Waals surface area contributed by atoms with Gasteiger partial charge in [-0.1, -0.05) is 11.8 Å². The highest BCUT2D eigenvalue weighted by Crippen LogP contribution is 2.35. The normalized spacial score (nSPS) is 15.7. The van der Waals surface area contributed by atoms with Gasteiger partial charge in [-0.3, -0.25) is 4.79 Å². The Kier molecular flexibility index (Phi) is 6.95. The maximum absolute atomic E-state index is 11.4. The molecule has 33 heavy (non-hydrogen) atoms. The molecule has 4 rings (SSSR count). The van der Waals surface area contributed by atoms with Gasteiger partial charge in [0.25, 0.3) is 0 Å². The molecule has 0 unspecified atom stereocenters. The molecule has 1 atom stereocenters. The molecule has 0 saturated carbocycles. The summed E-state index contributed by atoms with van der Waals surface area (Å²) in [5.41, 5.74) is 12.5. The van der Waals surface area contributed by atoms with Crippen molar-refractivity contribution in [3.05, 3.63) is 59.9 Å². The monoisotopic (exact) mass is 465 g/mol. The van der Waals surface area contributed by atoms with E-state index in [0.717, 1.165) is 34.9 Å². The molecule has 0 bridgehead atoms. The summed E-state index contributed by atoms with van der Waals surface area (Å²) in [5, 5.41) is 0. The number of nitrogens with two attached hydrogens (primary N) is 2. The molecule has 1 saturated heterocycles. The Balaban J connectivity index is 1.58. The molecular weight excluding hydrogens is 438 g/mol. The van der Waals surface area contributed by atoms with Crippen LogP contribution in [-0.2, 0) is 6.61 Å². The molecule has 3 aromatic rings. The van der Waals surface area contributed by atoms with Crippen LogP contribution in [0.2, 0.25) is 0 Å². The first-order valence-corrected chi connectivity index (χ1v) is 11.4. The molecule has 0 spiro atoms. The highest BCUT2D eigenvalue weighted by molar-refractivity contribution is 7.99. The van der Waals surface area contributed by atoms with Gasteiger partial charge in [0.05, 0.1) is 11.1 Å². The van der Waals surface area contributed by atoms with Gasteiger partial charge in [0.15, 0.2) is 0 Å². The van der Waals surface area contributed by atoms with Crippen molar-refractivity contribution in [2.75, 3.05) is 37.8 Å². The van der Waals surface area contributed by atoms with Crippen LogP contribution in [-0.4, -0.2) is 59.0 Å². The first-order chi connectivity index (χ1) is 15.9. The minimum absolute atomic E-state index is 0.303. The van der Waals surface area contributed by atoms with E-state index in [9.17, 15) is 4.79 Å². The van der Waals surface area contributed by atoms with Crippen LogP contribution in [0, 0.1) is 0 Å². The van der Waals surface area contributed by atoms with Crippen molar-refractivity contribution in [1.29, 1.82) is 0 Å². The molecule has 10 heteroatoms. The Hall–Kier alpha value is -3.37. The molecule has 1 aliphatic rings. The van der Waals surface area contributed by atoms with Crippen LogP contribution in [0.25, 0.3) is 0 Å². The first kappa shape index (κ1) is 22.8. The maximum atomic E-state index is 11.4. The van der Waals surface area contributed by atoms with E-state index in [2.05, 4.69) is 33.9 Å². The Morgan fingerprint density at radius 1 is 1.24 bits per heavy atom. The quantitative estimate of drug-likeness (QED) is 0.516. The smallest absolute Gasteiger partial charge is 0.248 e. The van der Waals surface area contributed by atoms with Crippen molar-refractivity contribution >= 4 is 29.4 Å². The van der Waals surface area contributed by atoms with Gasteiger partial charge in [0, 0.05) is 35.8 Å². The van der Waals surface area contributed by atoms with Gasteiger partial charge >= 0.3 is 0 Å². The van der Waals surface area contributed by atoms with Crippen LogP contribution in [0.5, 0.6) is 5.88 Å². The molecule has 1 fully saturated rings. The van der Waals surface area contributed by atoms with Crippen molar-refractivity contribution < 1.29 is 9.53 Å². The number of hydrogen-bond donors (Lipinski definition) is 2. The number of rotatable bonds is 8. The molecule has 3 heterocycles. The van der Waals surface area contributed by atoms with Crippen molar-refractivity contribution in [2.24, 2.45) is 5.73 Å². The van der Waals surface area contributed by atoms with E-state index < -0.39 is 5.91 Å². The lowest BCUT2D eigenvalue weighted by atomic mass is 10.2. The van der Waals surface area contributed by atoms with Crippen LogP contribution in [0.15, 0.2) is 58.6 Å². The van der Waals surface area contributed by atoms with Crippen molar-refractivity contribution in [3.8, 4) is 5.88 Å². The third-order valence-corrected chi connectivity index (χ3v) is 6.48. The number of nitrogen functional groups attached to an aromatic ring is 1. The Bertz CT molecular complexity index is 1120. The zero-order valence-corrected chi connectivity index (χ0v) is 19.5. The van der Waals surface area contributed by atoms with Gasteiger partial charge in [-0.2, -0.15) is 4.98 Å². The third-order valence-electron chi connectivity index (χ3n) is 5.47. The Morgan fingerprint density at radius 3 is 2.70 bits per heavy atom. The van der Waals surface area contributed by atoms with E-state index in [1.165, 1.54) is 11.8 Å². The van der Waals surface area contributed by atoms with Crippen molar-refractivity contribution in [2.45, 2.75) is 28.9 Å². The zero-order valence-electron chi connectivity index (χ0n) is 18.6. The van der Waals surface area contributed by atoms with E-state index >= 15 is 0 Å². The summed E-state index contributed by atoms with van der Waals surface area (Å²) in [7, 11) is 4.18. The SMILES string of the molecule is CN(C)[C@@H]1CCN(c2ncc(Sc3ccc(C(N)=O)cc3)c(OCc3ccnc(N)c3)n2)C1. The van der Waals surface area contributed by atoms with Crippen LogP contribution in [0.4, 0.5) is 11.8 Å². The van der Waals surface area contributed by atoms with Gasteiger partial charge in [-0.15, -0.1) is 0 Å². The number of hydrogen-bond acceptors (Lipinski definition) is 9. The largest absolute Gasteiger partial charge is 0.472 e. The van der Waals surface area contributed by atoms with Gasteiger partial charge < -0.3 is 26.0 Å². The number of aromatic nitrogens is 3. The minimum atomic E-state index is -0.457. The number of likely N-dealkylation sites (N-methyl/N-ethyl adjacent to an activating group) is 1. The molecule has 9 nitrogen and oxygen atoms in total. The highest BCUT2D eigenvalue weighted by Gasteiger charge is 2.26. The Morgan fingerprint density at radius 2 is 2.03 bits per heavy atom. The number of carbonyl (C=O) groups excluding carboxylic acids is 1. The number of amides is 1. The maximum Gasteiger partial charge on any atom is 0.248 e. The average molecular weight is 466 g/mol. The number of pyridine rings is 1. The number of anilines is 2. The van der Waals surface area contributed by atoms with E-state index in [1.807, 2.05) is 18.2 Å². The number of carbonyl (C=O) groups is 1. The van der Waals surface area contributed by atoms with E-state index in [4.69, 9.17) is 21.2 Å². The van der Waals surface area contributed by atoms with E-state index in [1.54, 1.807) is 30.6 Å².